The number of rotatable bonds is 9. The first-order chi connectivity index (χ1) is 21.1. The van der Waals surface area contributed by atoms with E-state index < -0.39 is 0 Å². The molecule has 3 aliphatic carbocycles. The van der Waals surface area contributed by atoms with Crippen LogP contribution in [0.5, 0.6) is 5.75 Å². The summed E-state index contributed by atoms with van der Waals surface area (Å²) in [5, 5.41) is 0.535. The van der Waals surface area contributed by atoms with Crippen molar-refractivity contribution in [1.82, 2.24) is 14.5 Å². The molecule has 4 aliphatic rings. The highest BCUT2D eigenvalue weighted by molar-refractivity contribution is 5.97. The Morgan fingerprint density at radius 3 is 2.73 bits per heavy atom. The maximum atomic E-state index is 14.5. The molecule has 5 unspecified atom stereocenters. The van der Waals surface area contributed by atoms with Gasteiger partial charge in [-0.2, -0.15) is 0 Å². The van der Waals surface area contributed by atoms with Crippen molar-refractivity contribution in [3.63, 3.8) is 0 Å². The fourth-order valence-electron chi connectivity index (χ4n) is 8.16. The molecule has 1 aromatic heterocycles. The molecule has 0 spiro atoms. The zero-order valence-electron chi connectivity index (χ0n) is 26.8. The van der Waals surface area contributed by atoms with Crippen molar-refractivity contribution in [1.29, 1.82) is 0 Å². The molecular formula is C35H47FN6O2. The van der Waals surface area contributed by atoms with Crippen LogP contribution in [0, 0.1) is 34.9 Å². The van der Waals surface area contributed by atoms with Crippen LogP contribution < -0.4 is 20.9 Å². The van der Waals surface area contributed by atoms with E-state index in [1.165, 1.54) is 19.6 Å². The second-order valence-electron chi connectivity index (χ2n) is 13.8. The van der Waals surface area contributed by atoms with E-state index in [1.54, 1.807) is 23.0 Å². The van der Waals surface area contributed by atoms with Gasteiger partial charge in [0.1, 0.15) is 11.6 Å². The predicted molar refractivity (Wildman–Crippen MR) is 175 cm³/mol. The summed E-state index contributed by atoms with van der Waals surface area (Å²) >= 11 is 0. The monoisotopic (exact) mass is 602 g/mol. The largest absolute Gasteiger partial charge is 0.497 e. The summed E-state index contributed by atoms with van der Waals surface area (Å²) in [5.41, 5.74) is 9.18. The van der Waals surface area contributed by atoms with Crippen molar-refractivity contribution < 1.29 is 9.13 Å². The van der Waals surface area contributed by atoms with Crippen molar-refractivity contribution in [2.75, 3.05) is 38.2 Å². The van der Waals surface area contributed by atoms with Gasteiger partial charge in [-0.1, -0.05) is 33.8 Å². The lowest BCUT2D eigenvalue weighted by atomic mass is 9.44. The number of nitrogens with zero attached hydrogens (tertiary/aromatic N) is 5. The number of halogens is 1. The Balaban J connectivity index is 1.27. The van der Waals surface area contributed by atoms with Crippen molar-refractivity contribution in [2.45, 2.75) is 66.0 Å². The molecule has 3 aromatic rings. The highest BCUT2D eigenvalue weighted by atomic mass is 19.1. The summed E-state index contributed by atoms with van der Waals surface area (Å²) in [7, 11) is 1.51. The molecule has 0 amide bonds. The molecule has 7 rings (SSSR count). The number of likely N-dealkylation sites (tertiary alicyclic amines) is 1. The van der Waals surface area contributed by atoms with Crippen LogP contribution in [0.2, 0.25) is 0 Å². The van der Waals surface area contributed by atoms with Crippen LogP contribution in [-0.2, 0) is 13.0 Å². The Labute approximate surface area is 260 Å². The normalized spacial score (nSPS) is 26.5. The quantitative estimate of drug-likeness (QED) is 0.264. The van der Waals surface area contributed by atoms with Crippen LogP contribution in [0.4, 0.5) is 10.1 Å². The Hall–Kier alpha value is -3.46. The number of methoxy groups -OCH3 is 1. The number of ether oxygens (including phenoxy) is 1. The topological polar surface area (TPSA) is 89.0 Å². The molecule has 2 bridgehead atoms. The lowest BCUT2D eigenvalue weighted by molar-refractivity contribution is -0.108. The number of fused-ring (bicyclic) bond motifs is 3. The molecule has 44 heavy (non-hydrogen) atoms. The number of aryl methyl sites for hydroxylation is 2. The standard InChI is InChI=1S/C35H47FN6O2/c1-6-40-13-11-23(20-40)19-38-34(37)42(32-16-25-15-29(22(32)2)35(25,3)4)26-8-10-28-31(17-26)39-21-41(33(28)43)14-12-24-7-9-27(44-5)18-30(24)36/h7-10,17-18,21-23,25,29,32H,6,11-16,19-20H2,1-5H3,(H2,37,38). The number of benzene rings is 2. The van der Waals surface area contributed by atoms with E-state index in [0.29, 0.717) is 70.2 Å². The molecule has 5 atom stereocenters. The van der Waals surface area contributed by atoms with E-state index in [1.807, 2.05) is 18.2 Å². The first-order valence-electron chi connectivity index (χ1n) is 16.2. The van der Waals surface area contributed by atoms with Crippen molar-refractivity contribution >= 4 is 22.5 Å². The number of nitrogens with two attached hydrogens (primary N) is 1. The van der Waals surface area contributed by atoms with Gasteiger partial charge in [0.05, 0.1) is 24.3 Å². The van der Waals surface area contributed by atoms with Gasteiger partial charge in [0.15, 0.2) is 5.96 Å². The molecule has 8 nitrogen and oxygen atoms in total. The number of guanidine groups is 1. The summed E-state index contributed by atoms with van der Waals surface area (Å²) in [6.45, 7) is 13.7. The maximum absolute atomic E-state index is 14.5. The molecule has 2 heterocycles. The third-order valence-electron chi connectivity index (χ3n) is 11.2. The van der Waals surface area contributed by atoms with Gasteiger partial charge in [0, 0.05) is 37.4 Å². The molecule has 3 saturated carbocycles. The smallest absolute Gasteiger partial charge is 0.261 e. The van der Waals surface area contributed by atoms with Crippen LogP contribution in [0.25, 0.3) is 10.9 Å². The molecule has 2 N–H and O–H groups in total. The molecule has 1 aliphatic heterocycles. The highest BCUT2D eigenvalue weighted by Crippen LogP contribution is 2.62. The zero-order chi connectivity index (χ0) is 31.2. The van der Waals surface area contributed by atoms with Crippen LogP contribution in [0.1, 0.15) is 52.5 Å². The van der Waals surface area contributed by atoms with Gasteiger partial charge in [-0.25, -0.2) is 9.37 Å². The van der Waals surface area contributed by atoms with Gasteiger partial charge in [-0.05, 0) is 97.7 Å². The van der Waals surface area contributed by atoms with Gasteiger partial charge in [-0.3, -0.25) is 14.4 Å². The number of hydrogen-bond donors (Lipinski definition) is 1. The average molecular weight is 603 g/mol. The zero-order valence-corrected chi connectivity index (χ0v) is 26.8. The number of aromatic nitrogens is 2. The Bertz CT molecular complexity index is 1600. The third kappa shape index (κ3) is 5.59. The lowest BCUT2D eigenvalue weighted by Gasteiger charge is -2.63. The minimum absolute atomic E-state index is 0.139. The number of hydrogen-bond acceptors (Lipinski definition) is 5. The second kappa shape index (κ2) is 12.1. The number of anilines is 1. The fourth-order valence-corrected chi connectivity index (χ4v) is 8.16. The molecular weight excluding hydrogens is 555 g/mol. The van der Waals surface area contributed by atoms with E-state index >= 15 is 0 Å². The van der Waals surface area contributed by atoms with E-state index in [4.69, 9.17) is 15.5 Å². The van der Waals surface area contributed by atoms with Gasteiger partial charge in [-0.15, -0.1) is 0 Å². The van der Waals surface area contributed by atoms with Crippen LogP contribution in [0.3, 0.4) is 0 Å². The minimum atomic E-state index is -0.344. The summed E-state index contributed by atoms with van der Waals surface area (Å²) in [6, 6.07) is 10.9. The Morgan fingerprint density at radius 2 is 2.05 bits per heavy atom. The first-order valence-corrected chi connectivity index (χ1v) is 16.2. The van der Waals surface area contributed by atoms with E-state index in [0.717, 1.165) is 44.7 Å². The molecule has 0 radical (unpaired) electrons. The molecule has 236 valence electrons. The van der Waals surface area contributed by atoms with Crippen molar-refractivity contribution in [2.24, 2.45) is 39.8 Å². The van der Waals surface area contributed by atoms with Gasteiger partial charge < -0.3 is 20.3 Å². The summed E-state index contributed by atoms with van der Waals surface area (Å²) < 4.78 is 21.2. The van der Waals surface area contributed by atoms with E-state index in [2.05, 4.69) is 42.5 Å². The molecule has 4 fully saturated rings. The SMILES string of the molecule is CCN1CCC(CN=C(N)N(c2ccc3c(=O)n(CCc4ccc(OC)cc4F)cnc3c2)C2CC3CC(C2C)C3(C)C)C1. The minimum Gasteiger partial charge on any atom is -0.497 e. The van der Waals surface area contributed by atoms with Crippen LogP contribution in [-0.4, -0.2) is 59.7 Å². The van der Waals surface area contributed by atoms with Crippen molar-refractivity contribution in [3.8, 4) is 5.75 Å². The van der Waals surface area contributed by atoms with Crippen LogP contribution >= 0.6 is 0 Å². The fraction of sp³-hybridized carbons (Fsp3) is 0.571. The Morgan fingerprint density at radius 1 is 1.23 bits per heavy atom. The first kappa shape index (κ1) is 30.6. The van der Waals surface area contributed by atoms with Crippen molar-refractivity contribution in [3.05, 3.63) is 64.5 Å². The Kier molecular flexibility index (Phi) is 8.44. The van der Waals surface area contributed by atoms with Gasteiger partial charge in [0.25, 0.3) is 5.56 Å². The highest BCUT2D eigenvalue weighted by Gasteiger charge is 2.57. The molecule has 1 saturated heterocycles. The summed E-state index contributed by atoms with van der Waals surface area (Å²) in [4.78, 5) is 27.9. The summed E-state index contributed by atoms with van der Waals surface area (Å²) in [6.07, 6.45) is 5.45. The van der Waals surface area contributed by atoms with Crippen LogP contribution in [0.15, 0.2) is 52.5 Å². The van der Waals surface area contributed by atoms with Gasteiger partial charge >= 0.3 is 0 Å². The van der Waals surface area contributed by atoms with E-state index in [9.17, 15) is 9.18 Å². The van der Waals surface area contributed by atoms with E-state index in [-0.39, 0.29) is 17.4 Å². The average Bonchev–Trinajstić information content (AvgIpc) is 3.49. The maximum Gasteiger partial charge on any atom is 0.261 e. The lowest BCUT2D eigenvalue weighted by Crippen LogP contribution is -2.62. The molecule has 2 aromatic carbocycles. The number of aliphatic imine (C=N–C) groups is 1. The predicted octanol–water partition coefficient (Wildman–Crippen LogP) is 5.32. The third-order valence-corrected chi connectivity index (χ3v) is 11.2. The second-order valence-corrected chi connectivity index (χ2v) is 13.8. The van der Waals surface area contributed by atoms with Gasteiger partial charge in [0.2, 0.25) is 0 Å². The molecule has 9 heteroatoms. The summed E-state index contributed by atoms with van der Waals surface area (Å²) in [5.74, 6) is 2.98.